The second-order valence-electron chi connectivity index (χ2n) is 4.79. The minimum absolute atomic E-state index is 0.0246. The van der Waals surface area contributed by atoms with Crippen molar-refractivity contribution in [1.29, 1.82) is 0 Å². The van der Waals surface area contributed by atoms with E-state index in [2.05, 4.69) is 4.72 Å². The highest BCUT2D eigenvalue weighted by molar-refractivity contribution is 7.92. The standard InChI is InChI=1S/C14H10Cl2N2O4S/c1-18-11-6-10(16)13(7-12(11)22-14(18)19)23(20,21)17-9-4-2-3-8(15)5-9/h2-7,17H,1H3. The van der Waals surface area contributed by atoms with Gasteiger partial charge >= 0.3 is 5.76 Å². The van der Waals surface area contributed by atoms with Crippen LogP contribution in [0.25, 0.3) is 11.1 Å². The Kier molecular flexibility index (Phi) is 3.87. The monoisotopic (exact) mass is 372 g/mol. The summed E-state index contributed by atoms with van der Waals surface area (Å²) in [6.45, 7) is 0. The number of aromatic nitrogens is 1. The van der Waals surface area contributed by atoms with Crippen LogP contribution >= 0.6 is 23.2 Å². The number of oxazole rings is 1. The Morgan fingerprint density at radius 2 is 1.91 bits per heavy atom. The highest BCUT2D eigenvalue weighted by Crippen LogP contribution is 2.29. The first-order valence-corrected chi connectivity index (χ1v) is 8.59. The number of hydrogen-bond acceptors (Lipinski definition) is 4. The summed E-state index contributed by atoms with van der Waals surface area (Å²) < 4.78 is 33.6. The largest absolute Gasteiger partial charge is 0.419 e. The first kappa shape index (κ1) is 15.9. The van der Waals surface area contributed by atoms with E-state index in [1.54, 1.807) is 18.2 Å². The average Bonchev–Trinajstić information content (AvgIpc) is 2.73. The molecule has 0 aliphatic heterocycles. The van der Waals surface area contributed by atoms with Crippen LogP contribution in [0.5, 0.6) is 0 Å². The number of hydrogen-bond donors (Lipinski definition) is 1. The van der Waals surface area contributed by atoms with Gasteiger partial charge in [0.25, 0.3) is 10.0 Å². The lowest BCUT2D eigenvalue weighted by molar-refractivity contribution is 0.527. The third-order valence-corrected chi connectivity index (χ3v) is 5.29. The van der Waals surface area contributed by atoms with Crippen LogP contribution in [0.3, 0.4) is 0 Å². The molecule has 0 saturated carbocycles. The van der Waals surface area contributed by atoms with E-state index in [4.69, 9.17) is 27.6 Å². The van der Waals surface area contributed by atoms with E-state index in [0.717, 1.165) is 0 Å². The molecule has 0 bridgehead atoms. The van der Waals surface area contributed by atoms with E-state index < -0.39 is 15.8 Å². The number of rotatable bonds is 3. The maximum Gasteiger partial charge on any atom is 0.419 e. The highest BCUT2D eigenvalue weighted by Gasteiger charge is 2.21. The second kappa shape index (κ2) is 5.59. The Balaban J connectivity index is 2.11. The molecule has 0 saturated heterocycles. The van der Waals surface area contributed by atoms with Crippen LogP contribution in [0.1, 0.15) is 0 Å². The molecule has 0 spiro atoms. The first-order chi connectivity index (χ1) is 10.8. The third kappa shape index (κ3) is 2.95. The Labute approximate surface area is 141 Å². The predicted molar refractivity (Wildman–Crippen MR) is 88.7 cm³/mol. The van der Waals surface area contributed by atoms with Gasteiger partial charge in [-0.1, -0.05) is 29.3 Å². The molecule has 0 aliphatic carbocycles. The van der Waals surface area contributed by atoms with Crippen molar-refractivity contribution in [1.82, 2.24) is 4.57 Å². The zero-order chi connectivity index (χ0) is 16.8. The van der Waals surface area contributed by atoms with Crippen molar-refractivity contribution >= 4 is 50.0 Å². The summed E-state index contributed by atoms with van der Waals surface area (Å²) in [4.78, 5) is 11.3. The summed E-state index contributed by atoms with van der Waals surface area (Å²) in [5, 5.41) is 0.365. The Morgan fingerprint density at radius 1 is 1.17 bits per heavy atom. The van der Waals surface area contributed by atoms with Gasteiger partial charge < -0.3 is 4.42 Å². The van der Waals surface area contributed by atoms with Gasteiger partial charge in [0, 0.05) is 18.1 Å². The fourth-order valence-corrected chi connectivity index (χ4v) is 3.87. The molecular weight excluding hydrogens is 363 g/mol. The molecule has 0 fully saturated rings. The molecule has 0 atom stereocenters. The summed E-state index contributed by atoms with van der Waals surface area (Å²) in [7, 11) is -2.46. The van der Waals surface area contributed by atoms with E-state index >= 15 is 0 Å². The van der Waals surface area contributed by atoms with Crippen LogP contribution in [0.2, 0.25) is 10.0 Å². The van der Waals surface area contributed by atoms with Crippen LogP contribution in [-0.4, -0.2) is 13.0 Å². The molecule has 23 heavy (non-hydrogen) atoms. The zero-order valence-corrected chi connectivity index (χ0v) is 14.0. The van der Waals surface area contributed by atoms with Gasteiger partial charge in [0.1, 0.15) is 4.90 Å². The van der Waals surface area contributed by atoms with Gasteiger partial charge in [0.05, 0.1) is 16.2 Å². The van der Waals surface area contributed by atoms with Crippen LogP contribution in [0.4, 0.5) is 5.69 Å². The molecule has 120 valence electrons. The highest BCUT2D eigenvalue weighted by atomic mass is 35.5. The SMILES string of the molecule is Cn1c(=O)oc2cc(S(=O)(=O)Nc3cccc(Cl)c3)c(Cl)cc21. The van der Waals surface area contributed by atoms with E-state index in [1.165, 1.54) is 29.8 Å². The fraction of sp³-hybridized carbons (Fsp3) is 0.0714. The van der Waals surface area contributed by atoms with Gasteiger partial charge in [-0.15, -0.1) is 0 Å². The minimum Gasteiger partial charge on any atom is -0.408 e. The normalized spacial score (nSPS) is 11.8. The van der Waals surface area contributed by atoms with Crippen molar-refractivity contribution in [2.24, 2.45) is 7.05 Å². The Morgan fingerprint density at radius 3 is 2.61 bits per heavy atom. The van der Waals surface area contributed by atoms with Crippen LogP contribution < -0.4 is 10.5 Å². The van der Waals surface area contributed by atoms with Crippen molar-refractivity contribution in [2.45, 2.75) is 4.90 Å². The number of nitrogens with zero attached hydrogens (tertiary/aromatic N) is 1. The summed E-state index contributed by atoms with van der Waals surface area (Å²) >= 11 is 11.9. The molecule has 1 heterocycles. The molecule has 9 heteroatoms. The molecule has 0 radical (unpaired) electrons. The topological polar surface area (TPSA) is 81.3 Å². The van der Waals surface area contributed by atoms with E-state index in [9.17, 15) is 13.2 Å². The Bertz CT molecular complexity index is 1070. The number of aryl methyl sites for hydroxylation is 1. The van der Waals surface area contributed by atoms with Gasteiger partial charge in [-0.25, -0.2) is 13.2 Å². The van der Waals surface area contributed by atoms with E-state index in [0.29, 0.717) is 16.2 Å². The molecule has 3 aromatic rings. The van der Waals surface area contributed by atoms with Gasteiger partial charge in [-0.2, -0.15) is 0 Å². The molecule has 1 aromatic heterocycles. The number of benzene rings is 2. The summed E-state index contributed by atoms with van der Waals surface area (Å²) in [5.74, 6) is -0.603. The van der Waals surface area contributed by atoms with Crippen molar-refractivity contribution in [3.05, 3.63) is 57.0 Å². The first-order valence-electron chi connectivity index (χ1n) is 6.35. The number of sulfonamides is 1. The maximum atomic E-state index is 12.5. The third-order valence-electron chi connectivity index (χ3n) is 3.21. The second-order valence-corrected chi connectivity index (χ2v) is 7.29. The smallest absolute Gasteiger partial charge is 0.408 e. The number of anilines is 1. The van der Waals surface area contributed by atoms with Gasteiger partial charge in [0.15, 0.2) is 5.58 Å². The summed E-state index contributed by atoms with van der Waals surface area (Å²) in [6.07, 6.45) is 0. The maximum absolute atomic E-state index is 12.5. The lowest BCUT2D eigenvalue weighted by Gasteiger charge is -2.09. The number of nitrogens with one attached hydrogen (secondary N) is 1. The average molecular weight is 373 g/mol. The summed E-state index contributed by atoms with van der Waals surface area (Å²) in [6, 6.07) is 8.84. The predicted octanol–water partition coefficient (Wildman–Crippen LogP) is 3.24. The van der Waals surface area contributed by atoms with E-state index in [1.807, 2.05) is 0 Å². The summed E-state index contributed by atoms with van der Waals surface area (Å²) in [5.41, 5.74) is 0.832. The van der Waals surface area contributed by atoms with Crippen LogP contribution in [0.15, 0.2) is 50.5 Å². The molecule has 2 aromatic carbocycles. The van der Waals surface area contributed by atoms with Gasteiger partial charge in [-0.3, -0.25) is 9.29 Å². The molecule has 0 aliphatic rings. The van der Waals surface area contributed by atoms with Crippen LogP contribution in [0, 0.1) is 0 Å². The van der Waals surface area contributed by atoms with Crippen LogP contribution in [-0.2, 0) is 17.1 Å². The molecule has 0 amide bonds. The van der Waals surface area contributed by atoms with Crippen molar-refractivity contribution in [3.8, 4) is 0 Å². The molecular formula is C14H10Cl2N2O4S. The van der Waals surface area contributed by atoms with Gasteiger partial charge in [0.2, 0.25) is 0 Å². The number of halogens is 2. The van der Waals surface area contributed by atoms with Crippen molar-refractivity contribution in [3.63, 3.8) is 0 Å². The molecule has 3 rings (SSSR count). The number of fused-ring (bicyclic) bond motifs is 1. The Hall–Kier alpha value is -1.96. The van der Waals surface area contributed by atoms with Crippen molar-refractivity contribution in [2.75, 3.05) is 4.72 Å². The lowest BCUT2D eigenvalue weighted by Crippen LogP contribution is -2.13. The van der Waals surface area contributed by atoms with Crippen molar-refractivity contribution < 1.29 is 12.8 Å². The lowest BCUT2D eigenvalue weighted by atomic mass is 10.3. The van der Waals surface area contributed by atoms with E-state index in [-0.39, 0.29) is 15.5 Å². The molecule has 0 unspecified atom stereocenters. The van der Waals surface area contributed by atoms with Gasteiger partial charge in [-0.05, 0) is 24.3 Å². The quantitative estimate of drug-likeness (QED) is 0.764. The fourth-order valence-electron chi connectivity index (χ4n) is 2.10. The molecule has 6 nitrogen and oxygen atoms in total. The minimum atomic E-state index is -3.97. The zero-order valence-electron chi connectivity index (χ0n) is 11.7. The molecule has 1 N–H and O–H groups in total.